The van der Waals surface area contributed by atoms with Gasteiger partial charge in [0, 0.05) is 25.5 Å². The number of benzene rings is 1. The quantitative estimate of drug-likeness (QED) is 0.740. The Bertz CT molecular complexity index is 386. The van der Waals surface area contributed by atoms with Crippen LogP contribution in [0.15, 0.2) is 12.1 Å². The first-order chi connectivity index (χ1) is 6.97. The third kappa shape index (κ3) is 2.21. The van der Waals surface area contributed by atoms with Crippen LogP contribution in [-0.4, -0.2) is 25.2 Å². The van der Waals surface area contributed by atoms with E-state index in [1.165, 1.54) is 0 Å². The van der Waals surface area contributed by atoms with Crippen molar-refractivity contribution in [1.82, 2.24) is 0 Å². The van der Waals surface area contributed by atoms with Crippen LogP contribution in [0.25, 0.3) is 0 Å². The van der Waals surface area contributed by atoms with Crippen LogP contribution in [0.1, 0.15) is 22.8 Å². The van der Waals surface area contributed by atoms with Crippen molar-refractivity contribution in [3.8, 4) is 0 Å². The van der Waals surface area contributed by atoms with E-state index in [-0.39, 0.29) is 5.56 Å². The van der Waals surface area contributed by atoms with Crippen molar-refractivity contribution in [2.75, 3.05) is 24.7 Å². The van der Waals surface area contributed by atoms with Gasteiger partial charge < -0.3 is 15.7 Å². The Morgan fingerprint density at radius 2 is 2.07 bits per heavy atom. The van der Waals surface area contributed by atoms with E-state index in [9.17, 15) is 4.79 Å². The molecular formula is C11H16N2O2. The van der Waals surface area contributed by atoms with Gasteiger partial charge in [0.15, 0.2) is 0 Å². The molecule has 0 saturated carbocycles. The molecule has 1 aromatic rings. The lowest BCUT2D eigenvalue weighted by molar-refractivity contribution is 0.0697. The maximum atomic E-state index is 11.0. The van der Waals surface area contributed by atoms with Crippen molar-refractivity contribution in [2.24, 2.45) is 0 Å². The molecule has 0 aliphatic carbocycles. The Hall–Kier alpha value is -1.71. The molecule has 0 unspecified atom stereocenters. The van der Waals surface area contributed by atoms with E-state index in [2.05, 4.69) is 0 Å². The van der Waals surface area contributed by atoms with Crippen molar-refractivity contribution in [3.05, 3.63) is 23.3 Å². The number of carboxylic acids is 1. The van der Waals surface area contributed by atoms with Gasteiger partial charge in [-0.15, -0.1) is 0 Å². The number of nitrogens with zero attached hydrogens (tertiary/aromatic N) is 1. The second kappa shape index (κ2) is 4.21. The lowest BCUT2D eigenvalue weighted by Gasteiger charge is -2.16. The molecule has 3 N–H and O–H groups in total. The lowest BCUT2D eigenvalue weighted by Crippen LogP contribution is -2.13. The highest BCUT2D eigenvalue weighted by Crippen LogP contribution is 2.25. The molecule has 0 amide bonds. The molecule has 0 bridgehead atoms. The van der Waals surface area contributed by atoms with Crippen molar-refractivity contribution in [1.29, 1.82) is 0 Å². The Morgan fingerprint density at radius 3 is 2.47 bits per heavy atom. The first-order valence-electron chi connectivity index (χ1n) is 4.80. The summed E-state index contributed by atoms with van der Waals surface area (Å²) in [6.07, 6.45) is 0.660. The topological polar surface area (TPSA) is 66.6 Å². The van der Waals surface area contributed by atoms with Gasteiger partial charge in [0.25, 0.3) is 0 Å². The molecule has 82 valence electrons. The average Bonchev–Trinajstić information content (AvgIpc) is 2.15. The molecule has 15 heavy (non-hydrogen) atoms. The van der Waals surface area contributed by atoms with Gasteiger partial charge in [-0.2, -0.15) is 0 Å². The summed E-state index contributed by atoms with van der Waals surface area (Å²) in [7, 11) is 3.79. The van der Waals surface area contributed by atoms with Gasteiger partial charge in [0.05, 0.1) is 5.56 Å². The van der Waals surface area contributed by atoms with E-state index in [1.807, 2.05) is 32.0 Å². The molecule has 0 radical (unpaired) electrons. The van der Waals surface area contributed by atoms with E-state index < -0.39 is 5.97 Å². The molecule has 0 aliphatic heterocycles. The third-order valence-electron chi connectivity index (χ3n) is 2.35. The molecule has 4 nitrogen and oxygen atoms in total. The van der Waals surface area contributed by atoms with Crippen LogP contribution < -0.4 is 10.6 Å². The normalized spacial score (nSPS) is 10.1. The molecule has 1 aromatic carbocycles. The molecule has 0 aromatic heterocycles. The Kier molecular flexibility index (Phi) is 3.19. The highest BCUT2D eigenvalue weighted by Gasteiger charge is 2.14. The number of hydrogen-bond acceptors (Lipinski definition) is 3. The molecule has 0 aliphatic rings. The minimum Gasteiger partial charge on any atom is -0.478 e. The number of nitrogens with two attached hydrogens (primary N) is 1. The fourth-order valence-corrected chi connectivity index (χ4v) is 1.51. The van der Waals surface area contributed by atoms with Gasteiger partial charge in [-0.3, -0.25) is 0 Å². The molecule has 0 spiro atoms. The number of aryl methyl sites for hydroxylation is 1. The van der Waals surface area contributed by atoms with Crippen molar-refractivity contribution < 1.29 is 9.90 Å². The molecule has 0 atom stereocenters. The third-order valence-corrected chi connectivity index (χ3v) is 2.35. The first kappa shape index (κ1) is 11.4. The first-order valence-corrected chi connectivity index (χ1v) is 4.80. The molecule has 4 heteroatoms. The maximum Gasteiger partial charge on any atom is 0.338 e. The van der Waals surface area contributed by atoms with Gasteiger partial charge >= 0.3 is 5.97 Å². The highest BCUT2D eigenvalue weighted by atomic mass is 16.4. The Labute approximate surface area is 89.3 Å². The van der Waals surface area contributed by atoms with E-state index in [1.54, 1.807) is 6.07 Å². The van der Waals surface area contributed by atoms with Crippen molar-refractivity contribution in [2.45, 2.75) is 13.3 Å². The molecule has 0 saturated heterocycles. The minimum absolute atomic E-state index is 0.225. The van der Waals surface area contributed by atoms with Gasteiger partial charge in [0.1, 0.15) is 0 Å². The number of hydrogen-bond donors (Lipinski definition) is 2. The number of anilines is 2. The number of nitrogen functional groups attached to an aromatic ring is 1. The van der Waals surface area contributed by atoms with Crippen molar-refractivity contribution >= 4 is 17.3 Å². The van der Waals surface area contributed by atoms with Crippen LogP contribution in [0, 0.1) is 0 Å². The summed E-state index contributed by atoms with van der Waals surface area (Å²) in [6.45, 7) is 1.92. The zero-order chi connectivity index (χ0) is 11.6. The van der Waals surface area contributed by atoms with E-state index in [4.69, 9.17) is 10.8 Å². The summed E-state index contributed by atoms with van der Waals surface area (Å²) in [5, 5.41) is 9.01. The smallest absolute Gasteiger partial charge is 0.338 e. The number of carboxylic acid groups (broad SMARTS) is 1. The van der Waals surface area contributed by atoms with E-state index in [0.717, 1.165) is 11.3 Å². The Balaban J connectivity index is 3.37. The molecule has 1 rings (SSSR count). The zero-order valence-electron chi connectivity index (χ0n) is 9.24. The molecule has 0 fully saturated rings. The van der Waals surface area contributed by atoms with E-state index >= 15 is 0 Å². The Morgan fingerprint density at radius 1 is 1.47 bits per heavy atom. The van der Waals surface area contributed by atoms with Crippen molar-refractivity contribution in [3.63, 3.8) is 0 Å². The standard InChI is InChI=1S/C11H16N2O2/c1-4-7-5-8(13(2)3)6-9(12)10(7)11(14)15/h5-6H,4,12H2,1-3H3,(H,14,15). The predicted molar refractivity (Wildman–Crippen MR) is 61.5 cm³/mol. The lowest BCUT2D eigenvalue weighted by atomic mass is 10.0. The van der Waals surface area contributed by atoms with Crippen LogP contribution in [0.5, 0.6) is 0 Å². The van der Waals surface area contributed by atoms with Crippen LogP contribution in [0.4, 0.5) is 11.4 Å². The summed E-state index contributed by atoms with van der Waals surface area (Å²) < 4.78 is 0. The largest absolute Gasteiger partial charge is 0.478 e. The molecule has 0 heterocycles. The van der Waals surface area contributed by atoms with Crippen LogP contribution in [-0.2, 0) is 6.42 Å². The highest BCUT2D eigenvalue weighted by molar-refractivity contribution is 5.96. The minimum atomic E-state index is -0.963. The summed E-state index contributed by atoms with van der Waals surface area (Å²) in [5.41, 5.74) is 7.97. The van der Waals surface area contributed by atoms with Crippen LogP contribution in [0.3, 0.4) is 0 Å². The second-order valence-corrected chi connectivity index (χ2v) is 3.62. The average molecular weight is 208 g/mol. The second-order valence-electron chi connectivity index (χ2n) is 3.62. The summed E-state index contributed by atoms with van der Waals surface area (Å²) in [4.78, 5) is 12.9. The van der Waals surface area contributed by atoms with Gasteiger partial charge in [0.2, 0.25) is 0 Å². The van der Waals surface area contributed by atoms with Crippen LogP contribution >= 0.6 is 0 Å². The summed E-state index contributed by atoms with van der Waals surface area (Å²) in [6, 6.07) is 3.54. The number of carbonyl (C=O) groups is 1. The number of aromatic carboxylic acids is 1. The van der Waals surface area contributed by atoms with Gasteiger partial charge in [-0.05, 0) is 24.1 Å². The fraction of sp³-hybridized carbons (Fsp3) is 0.364. The zero-order valence-corrected chi connectivity index (χ0v) is 9.24. The monoisotopic (exact) mass is 208 g/mol. The van der Waals surface area contributed by atoms with Crippen LogP contribution in [0.2, 0.25) is 0 Å². The summed E-state index contributed by atoms with van der Waals surface area (Å²) in [5.74, 6) is -0.963. The SMILES string of the molecule is CCc1cc(N(C)C)cc(N)c1C(=O)O. The van der Waals surface area contributed by atoms with Gasteiger partial charge in [-0.1, -0.05) is 6.92 Å². The van der Waals surface area contributed by atoms with Gasteiger partial charge in [-0.25, -0.2) is 4.79 Å². The fourth-order valence-electron chi connectivity index (χ4n) is 1.51. The predicted octanol–water partition coefficient (Wildman–Crippen LogP) is 1.60. The summed E-state index contributed by atoms with van der Waals surface area (Å²) >= 11 is 0. The maximum absolute atomic E-state index is 11.0. The van der Waals surface area contributed by atoms with E-state index in [0.29, 0.717) is 12.1 Å². The number of rotatable bonds is 3. The molecular weight excluding hydrogens is 192 g/mol.